The highest BCUT2D eigenvalue weighted by Gasteiger charge is 2.19. The van der Waals surface area contributed by atoms with Crippen molar-refractivity contribution in [2.45, 2.75) is 46.1 Å². The molecule has 2 rings (SSSR count). The SMILES string of the molecule is CCCCSCCN(CCOc1ccc(CC(OCC)C(=O)O)cc1)C(=O)Oc1ccccc1C. The summed E-state index contributed by atoms with van der Waals surface area (Å²) in [5, 5.41) is 9.25. The van der Waals surface area contributed by atoms with E-state index in [1.165, 1.54) is 0 Å². The highest BCUT2D eigenvalue weighted by atomic mass is 32.2. The minimum Gasteiger partial charge on any atom is -0.492 e. The van der Waals surface area contributed by atoms with Crippen LogP contribution in [0.1, 0.15) is 37.8 Å². The van der Waals surface area contributed by atoms with Crippen molar-refractivity contribution in [1.29, 1.82) is 0 Å². The summed E-state index contributed by atoms with van der Waals surface area (Å²) < 4.78 is 16.8. The van der Waals surface area contributed by atoms with Gasteiger partial charge >= 0.3 is 12.1 Å². The molecule has 192 valence electrons. The summed E-state index contributed by atoms with van der Waals surface area (Å²) in [5.41, 5.74) is 1.76. The zero-order valence-electron chi connectivity index (χ0n) is 20.9. The van der Waals surface area contributed by atoms with Gasteiger partial charge in [0.2, 0.25) is 0 Å². The zero-order valence-corrected chi connectivity index (χ0v) is 21.7. The van der Waals surface area contributed by atoms with Crippen LogP contribution in [0.3, 0.4) is 0 Å². The third-order valence-corrected chi connectivity index (χ3v) is 6.36. The van der Waals surface area contributed by atoms with Crippen molar-refractivity contribution < 1.29 is 28.9 Å². The smallest absolute Gasteiger partial charge is 0.415 e. The number of carboxylic acid groups (broad SMARTS) is 1. The Labute approximate surface area is 212 Å². The predicted octanol–water partition coefficient (Wildman–Crippen LogP) is 5.44. The van der Waals surface area contributed by atoms with Crippen molar-refractivity contribution in [3.63, 3.8) is 0 Å². The number of aryl methyl sites for hydroxylation is 1. The van der Waals surface area contributed by atoms with Gasteiger partial charge in [-0.2, -0.15) is 11.8 Å². The van der Waals surface area contributed by atoms with Gasteiger partial charge in [0, 0.05) is 25.3 Å². The normalized spacial score (nSPS) is 11.6. The maximum Gasteiger partial charge on any atom is 0.415 e. The van der Waals surface area contributed by atoms with Gasteiger partial charge in [0.25, 0.3) is 0 Å². The number of thioether (sulfide) groups is 1. The third-order valence-electron chi connectivity index (χ3n) is 5.31. The number of para-hydroxylation sites is 1. The summed E-state index contributed by atoms with van der Waals surface area (Å²) in [4.78, 5) is 25.8. The molecule has 35 heavy (non-hydrogen) atoms. The summed E-state index contributed by atoms with van der Waals surface area (Å²) in [7, 11) is 0. The quantitative estimate of drug-likeness (QED) is 0.305. The van der Waals surface area contributed by atoms with Gasteiger partial charge in [0.05, 0.1) is 6.54 Å². The molecule has 1 amide bonds. The van der Waals surface area contributed by atoms with E-state index in [4.69, 9.17) is 14.2 Å². The number of ether oxygens (including phenoxy) is 3. The minimum absolute atomic E-state index is 0.289. The van der Waals surface area contributed by atoms with Crippen LogP contribution in [0.5, 0.6) is 11.5 Å². The second-order valence-electron chi connectivity index (χ2n) is 8.07. The van der Waals surface area contributed by atoms with Crippen molar-refractivity contribution in [2.75, 3.05) is 37.8 Å². The van der Waals surface area contributed by atoms with E-state index in [1.54, 1.807) is 30.0 Å². The molecule has 1 unspecified atom stereocenters. The summed E-state index contributed by atoms with van der Waals surface area (Å²) in [6.45, 7) is 7.49. The van der Waals surface area contributed by atoms with Gasteiger partial charge in [-0.3, -0.25) is 0 Å². The van der Waals surface area contributed by atoms with E-state index < -0.39 is 12.1 Å². The molecule has 1 N–H and O–H groups in total. The number of carbonyl (C=O) groups is 2. The van der Waals surface area contributed by atoms with Crippen LogP contribution in [-0.2, 0) is 16.0 Å². The Kier molecular flexibility index (Phi) is 13.1. The molecule has 2 aromatic carbocycles. The van der Waals surface area contributed by atoms with Crippen LogP contribution in [0.15, 0.2) is 48.5 Å². The molecule has 0 aliphatic heterocycles. The molecule has 0 saturated carbocycles. The standard InChI is InChI=1S/C27H37NO6S/c1-4-6-18-35-19-16-28(27(31)34-24-10-8-7-9-21(24)3)15-17-33-23-13-11-22(12-14-23)20-25(26(29)30)32-5-2/h7-14,25H,4-6,15-20H2,1-3H3,(H,29,30). The molecule has 0 bridgehead atoms. The number of benzene rings is 2. The van der Waals surface area contributed by atoms with E-state index in [9.17, 15) is 14.7 Å². The number of nitrogens with zero attached hydrogens (tertiary/aromatic N) is 1. The van der Waals surface area contributed by atoms with Crippen molar-refractivity contribution in [1.82, 2.24) is 4.90 Å². The maximum atomic E-state index is 12.9. The highest BCUT2D eigenvalue weighted by Crippen LogP contribution is 2.18. The fourth-order valence-electron chi connectivity index (χ4n) is 3.28. The Bertz CT molecular complexity index is 905. The average Bonchev–Trinajstić information content (AvgIpc) is 2.84. The maximum absolute atomic E-state index is 12.9. The van der Waals surface area contributed by atoms with Crippen LogP contribution >= 0.6 is 11.8 Å². The molecule has 2 aromatic rings. The molecule has 8 heteroatoms. The lowest BCUT2D eigenvalue weighted by molar-refractivity contribution is -0.149. The Balaban J connectivity index is 1.91. The largest absolute Gasteiger partial charge is 0.492 e. The van der Waals surface area contributed by atoms with E-state index in [0.717, 1.165) is 35.5 Å². The molecular formula is C27H37NO6S. The number of amides is 1. The number of rotatable bonds is 16. The van der Waals surface area contributed by atoms with E-state index in [-0.39, 0.29) is 12.5 Å². The van der Waals surface area contributed by atoms with Gasteiger partial charge in [0.15, 0.2) is 6.10 Å². The first-order valence-electron chi connectivity index (χ1n) is 12.1. The summed E-state index contributed by atoms with van der Waals surface area (Å²) in [5.74, 6) is 2.15. The molecule has 0 fully saturated rings. The van der Waals surface area contributed by atoms with Crippen LogP contribution < -0.4 is 9.47 Å². The van der Waals surface area contributed by atoms with Crippen molar-refractivity contribution in [3.8, 4) is 11.5 Å². The Morgan fingerprint density at radius 1 is 1.03 bits per heavy atom. The predicted molar refractivity (Wildman–Crippen MR) is 140 cm³/mol. The zero-order chi connectivity index (χ0) is 25.5. The molecule has 1 atom stereocenters. The van der Waals surface area contributed by atoms with E-state index in [2.05, 4.69) is 6.92 Å². The molecule has 0 aliphatic carbocycles. The first-order valence-corrected chi connectivity index (χ1v) is 13.3. The fourth-order valence-corrected chi connectivity index (χ4v) is 4.32. The highest BCUT2D eigenvalue weighted by molar-refractivity contribution is 7.99. The Morgan fingerprint density at radius 3 is 2.43 bits per heavy atom. The van der Waals surface area contributed by atoms with Gasteiger partial charge < -0.3 is 24.2 Å². The van der Waals surface area contributed by atoms with Crippen LogP contribution in [0, 0.1) is 6.92 Å². The number of aliphatic carboxylic acids is 1. The monoisotopic (exact) mass is 503 g/mol. The third kappa shape index (κ3) is 10.6. The van der Waals surface area contributed by atoms with Crippen molar-refractivity contribution >= 4 is 23.8 Å². The van der Waals surface area contributed by atoms with E-state index >= 15 is 0 Å². The van der Waals surface area contributed by atoms with Crippen molar-refractivity contribution in [2.24, 2.45) is 0 Å². The van der Waals surface area contributed by atoms with E-state index in [0.29, 0.717) is 37.8 Å². The molecule has 0 aromatic heterocycles. The number of unbranched alkanes of at least 4 members (excludes halogenated alkanes) is 1. The Morgan fingerprint density at radius 2 is 1.77 bits per heavy atom. The molecular weight excluding hydrogens is 466 g/mol. The molecule has 0 spiro atoms. The number of carboxylic acids is 1. The lowest BCUT2D eigenvalue weighted by Crippen LogP contribution is -2.38. The average molecular weight is 504 g/mol. The van der Waals surface area contributed by atoms with Gasteiger partial charge in [-0.25, -0.2) is 9.59 Å². The Hall–Kier alpha value is -2.71. The fraction of sp³-hybridized carbons (Fsp3) is 0.481. The second kappa shape index (κ2) is 16.1. The van der Waals surface area contributed by atoms with Crippen LogP contribution in [-0.4, -0.2) is 66.0 Å². The minimum atomic E-state index is -0.974. The first kappa shape index (κ1) is 28.5. The summed E-state index contributed by atoms with van der Waals surface area (Å²) >= 11 is 1.83. The van der Waals surface area contributed by atoms with Crippen LogP contribution in [0.25, 0.3) is 0 Å². The summed E-state index contributed by atoms with van der Waals surface area (Å²) in [6.07, 6.45) is 1.36. The second-order valence-corrected chi connectivity index (χ2v) is 9.29. The number of hydrogen-bond acceptors (Lipinski definition) is 6. The van der Waals surface area contributed by atoms with Crippen LogP contribution in [0.4, 0.5) is 4.79 Å². The number of hydrogen-bond donors (Lipinski definition) is 1. The molecule has 0 aliphatic rings. The lowest BCUT2D eigenvalue weighted by atomic mass is 10.1. The van der Waals surface area contributed by atoms with Gasteiger partial charge in [-0.1, -0.05) is 43.7 Å². The van der Waals surface area contributed by atoms with Crippen LogP contribution in [0.2, 0.25) is 0 Å². The lowest BCUT2D eigenvalue weighted by Gasteiger charge is -2.22. The molecule has 0 saturated heterocycles. The number of carbonyl (C=O) groups excluding carboxylic acids is 1. The van der Waals surface area contributed by atoms with Gasteiger partial charge in [0.1, 0.15) is 18.1 Å². The topological polar surface area (TPSA) is 85.3 Å². The summed E-state index contributed by atoms with van der Waals surface area (Å²) in [6, 6.07) is 14.7. The van der Waals surface area contributed by atoms with E-state index in [1.807, 2.05) is 49.0 Å². The molecule has 7 nitrogen and oxygen atoms in total. The van der Waals surface area contributed by atoms with Crippen molar-refractivity contribution in [3.05, 3.63) is 59.7 Å². The first-order chi connectivity index (χ1) is 16.9. The molecule has 0 radical (unpaired) electrons. The van der Waals surface area contributed by atoms with Gasteiger partial charge in [-0.05, 0) is 55.3 Å². The van der Waals surface area contributed by atoms with Gasteiger partial charge in [-0.15, -0.1) is 0 Å². The molecule has 0 heterocycles.